The summed E-state index contributed by atoms with van der Waals surface area (Å²) in [6.45, 7) is 0.416. The molecule has 0 aliphatic carbocycles. The second kappa shape index (κ2) is 8.73. The van der Waals surface area contributed by atoms with Gasteiger partial charge >= 0.3 is 17.8 Å². The second-order valence-electron chi connectivity index (χ2n) is 7.18. The molecule has 1 aromatic heterocycles. The maximum atomic E-state index is 12.8. The van der Waals surface area contributed by atoms with Crippen LogP contribution in [0, 0.1) is 0 Å². The van der Waals surface area contributed by atoms with Crippen LogP contribution in [0.1, 0.15) is 18.4 Å². The summed E-state index contributed by atoms with van der Waals surface area (Å²) in [6.07, 6.45) is -4.33. The number of hydrogen-bond acceptors (Lipinski definition) is 5. The summed E-state index contributed by atoms with van der Waals surface area (Å²) in [4.78, 5) is 39.6. The molecule has 2 N–H and O–H groups in total. The summed E-state index contributed by atoms with van der Waals surface area (Å²) in [5.74, 6) is -1.15. The van der Waals surface area contributed by atoms with Gasteiger partial charge in [0.05, 0.1) is 40.6 Å². The van der Waals surface area contributed by atoms with Crippen LogP contribution in [0.2, 0.25) is 0 Å². The number of halogens is 3. The number of rotatable bonds is 6. The summed E-state index contributed by atoms with van der Waals surface area (Å²) in [5.41, 5.74) is 0.442. The Hall–Kier alpha value is -3.21. The average Bonchev–Trinajstić information content (AvgIpc) is 3.05. The highest BCUT2D eigenvalue weighted by Gasteiger charge is 2.34. The smallest absolute Gasteiger partial charge is 0.416 e. The van der Waals surface area contributed by atoms with E-state index in [-0.39, 0.29) is 24.4 Å². The molecule has 1 aliphatic heterocycles. The Morgan fingerprint density at radius 3 is 2.72 bits per heavy atom. The van der Waals surface area contributed by atoms with Crippen LogP contribution in [0.5, 0.6) is 0 Å². The van der Waals surface area contributed by atoms with Gasteiger partial charge in [0.25, 0.3) is 0 Å². The monoisotopic (exact) mass is 465 g/mol. The number of thioether (sulfide) groups is 1. The van der Waals surface area contributed by atoms with Crippen molar-refractivity contribution in [2.45, 2.75) is 35.7 Å². The Morgan fingerprint density at radius 2 is 1.94 bits per heavy atom. The molecule has 0 unspecified atom stereocenters. The number of aromatic amines is 1. The summed E-state index contributed by atoms with van der Waals surface area (Å²) in [7, 11) is 0. The maximum absolute atomic E-state index is 12.8. The number of hydrogen-bond donors (Lipinski definition) is 2. The van der Waals surface area contributed by atoms with E-state index in [0.29, 0.717) is 17.9 Å². The van der Waals surface area contributed by atoms with Crippen molar-refractivity contribution in [3.05, 3.63) is 58.5 Å². The number of anilines is 1. The number of benzene rings is 2. The highest BCUT2D eigenvalue weighted by atomic mass is 32.2. The molecule has 0 fully saturated rings. The molecule has 32 heavy (non-hydrogen) atoms. The molecule has 11 heteroatoms. The SMILES string of the molecule is O=C(C[C@H]1Sc2ccc(C(F)(F)F)cc2NC1=O)OCCCn1c(=O)[nH]c2ccccc21. The molecule has 168 valence electrons. The minimum Gasteiger partial charge on any atom is -0.466 e. The number of fused-ring (bicyclic) bond motifs is 2. The lowest BCUT2D eigenvalue weighted by Crippen LogP contribution is -2.31. The molecule has 2 heterocycles. The van der Waals surface area contributed by atoms with Crippen LogP contribution < -0.4 is 11.0 Å². The molecular formula is C21H18F3N3O4S. The Labute approximate surface area is 183 Å². The molecule has 0 spiro atoms. The zero-order valence-electron chi connectivity index (χ0n) is 16.6. The van der Waals surface area contributed by atoms with E-state index in [1.165, 1.54) is 6.07 Å². The first-order chi connectivity index (χ1) is 15.2. The van der Waals surface area contributed by atoms with Gasteiger partial charge < -0.3 is 15.0 Å². The number of carbonyl (C=O) groups is 2. The molecule has 0 bridgehead atoms. The lowest BCUT2D eigenvalue weighted by molar-refractivity contribution is -0.144. The van der Waals surface area contributed by atoms with Gasteiger partial charge in [0.2, 0.25) is 5.91 Å². The number of nitrogens with zero attached hydrogens (tertiary/aromatic N) is 1. The quantitative estimate of drug-likeness (QED) is 0.427. The third kappa shape index (κ3) is 4.67. The van der Waals surface area contributed by atoms with Gasteiger partial charge in [-0.1, -0.05) is 12.1 Å². The van der Waals surface area contributed by atoms with Gasteiger partial charge in [-0.3, -0.25) is 14.2 Å². The number of imidazole rings is 1. The van der Waals surface area contributed by atoms with Crippen molar-refractivity contribution in [2.24, 2.45) is 0 Å². The molecular weight excluding hydrogens is 447 g/mol. The number of alkyl halides is 3. The lowest BCUT2D eigenvalue weighted by Gasteiger charge is -2.24. The van der Waals surface area contributed by atoms with Crippen molar-refractivity contribution in [3.63, 3.8) is 0 Å². The summed E-state index contributed by atoms with van der Waals surface area (Å²) in [5, 5.41) is 1.62. The summed E-state index contributed by atoms with van der Waals surface area (Å²) >= 11 is 1.02. The predicted octanol–water partition coefficient (Wildman–Crippen LogP) is 3.78. The molecule has 3 aromatic rings. The lowest BCUT2D eigenvalue weighted by atomic mass is 10.1. The van der Waals surface area contributed by atoms with Crippen LogP contribution >= 0.6 is 11.8 Å². The largest absolute Gasteiger partial charge is 0.466 e. The van der Waals surface area contributed by atoms with Crippen LogP contribution in [0.15, 0.2) is 52.2 Å². The molecule has 0 saturated carbocycles. The van der Waals surface area contributed by atoms with Crippen LogP contribution in [-0.2, 0) is 27.0 Å². The molecule has 1 aliphatic rings. The second-order valence-corrected chi connectivity index (χ2v) is 8.43. The zero-order chi connectivity index (χ0) is 22.9. The minimum atomic E-state index is -4.51. The number of carbonyl (C=O) groups excluding carboxylic acids is 2. The molecule has 0 radical (unpaired) electrons. The molecule has 1 atom stereocenters. The summed E-state index contributed by atoms with van der Waals surface area (Å²) < 4.78 is 45.3. The number of aryl methyl sites for hydroxylation is 1. The number of nitrogens with one attached hydrogen (secondary N) is 2. The number of amides is 1. The first-order valence-electron chi connectivity index (χ1n) is 9.74. The van der Waals surface area contributed by atoms with Crippen LogP contribution in [0.4, 0.5) is 18.9 Å². The fourth-order valence-corrected chi connectivity index (χ4v) is 4.48. The summed E-state index contributed by atoms with van der Waals surface area (Å²) in [6, 6.07) is 10.3. The van der Waals surface area contributed by atoms with Crippen molar-refractivity contribution in [2.75, 3.05) is 11.9 Å². The Bertz CT molecular complexity index is 1230. The van der Waals surface area contributed by atoms with E-state index in [0.717, 1.165) is 34.9 Å². The fraction of sp³-hybridized carbons (Fsp3) is 0.286. The Kier molecular flexibility index (Phi) is 6.00. The Morgan fingerprint density at radius 1 is 1.16 bits per heavy atom. The fourth-order valence-electron chi connectivity index (χ4n) is 3.41. The molecule has 2 aromatic carbocycles. The zero-order valence-corrected chi connectivity index (χ0v) is 17.4. The van der Waals surface area contributed by atoms with E-state index in [2.05, 4.69) is 10.3 Å². The van der Waals surface area contributed by atoms with Crippen molar-refractivity contribution in [3.8, 4) is 0 Å². The molecule has 4 rings (SSSR count). The van der Waals surface area contributed by atoms with Gasteiger partial charge in [-0.25, -0.2) is 4.79 Å². The average molecular weight is 465 g/mol. The van der Waals surface area contributed by atoms with Crippen molar-refractivity contribution in [1.82, 2.24) is 9.55 Å². The standard InChI is InChI=1S/C21H18F3N3O4S/c22-21(23,24)12-6-7-16-14(10-12)25-19(29)17(32-16)11-18(28)31-9-3-8-27-15-5-2-1-4-13(15)26-20(27)30/h1-2,4-7,10,17H,3,8-9,11H2,(H,25,29)(H,26,30)/t17-/m1/s1. The van der Waals surface area contributed by atoms with Gasteiger partial charge in [0.15, 0.2) is 0 Å². The third-order valence-electron chi connectivity index (χ3n) is 4.95. The topological polar surface area (TPSA) is 93.2 Å². The maximum Gasteiger partial charge on any atom is 0.416 e. The first-order valence-corrected chi connectivity index (χ1v) is 10.6. The van der Waals surface area contributed by atoms with Gasteiger partial charge in [-0.15, -0.1) is 11.8 Å². The normalized spacial score (nSPS) is 16.0. The minimum absolute atomic E-state index is 0.0648. The number of aromatic nitrogens is 2. The van der Waals surface area contributed by atoms with Crippen LogP contribution in [0.3, 0.4) is 0 Å². The van der Waals surface area contributed by atoms with Crippen molar-refractivity contribution < 1.29 is 27.5 Å². The molecule has 0 saturated heterocycles. The highest BCUT2D eigenvalue weighted by molar-refractivity contribution is 8.01. The van der Waals surface area contributed by atoms with Gasteiger partial charge in [0, 0.05) is 11.4 Å². The number of H-pyrrole nitrogens is 1. The van der Waals surface area contributed by atoms with E-state index >= 15 is 0 Å². The van der Waals surface area contributed by atoms with E-state index in [4.69, 9.17) is 4.74 Å². The van der Waals surface area contributed by atoms with E-state index in [1.807, 2.05) is 18.2 Å². The number of para-hydroxylation sites is 2. The predicted molar refractivity (Wildman–Crippen MR) is 112 cm³/mol. The number of esters is 1. The van der Waals surface area contributed by atoms with Crippen LogP contribution in [-0.4, -0.2) is 33.3 Å². The third-order valence-corrected chi connectivity index (χ3v) is 6.22. The van der Waals surface area contributed by atoms with E-state index in [9.17, 15) is 27.6 Å². The van der Waals surface area contributed by atoms with Crippen molar-refractivity contribution in [1.29, 1.82) is 0 Å². The Balaban J connectivity index is 1.29. The van der Waals surface area contributed by atoms with Crippen LogP contribution in [0.25, 0.3) is 11.0 Å². The van der Waals surface area contributed by atoms with Gasteiger partial charge in [-0.05, 0) is 36.8 Å². The number of ether oxygens (including phenoxy) is 1. The molecule has 1 amide bonds. The first kappa shape index (κ1) is 22.0. The van der Waals surface area contributed by atoms with Gasteiger partial charge in [-0.2, -0.15) is 13.2 Å². The van der Waals surface area contributed by atoms with E-state index < -0.39 is 28.9 Å². The van der Waals surface area contributed by atoms with Crippen molar-refractivity contribution >= 4 is 40.4 Å². The van der Waals surface area contributed by atoms with Gasteiger partial charge in [0.1, 0.15) is 0 Å². The highest BCUT2D eigenvalue weighted by Crippen LogP contribution is 2.40. The molecule has 7 nitrogen and oxygen atoms in total. The van der Waals surface area contributed by atoms with E-state index in [1.54, 1.807) is 10.6 Å².